The smallest absolute Gasteiger partial charge is 0.246 e. The number of carbonyl (C=O) groups excluding carboxylic acids is 1. The fraction of sp³-hybridized carbons (Fsp3) is 0.316. The standard InChI is InChI=1S/C19H19FN4OS/c1-14-22-17(13-26-14)6-7-19(25)24-10-8-23(9-11-24)18(12-21)15-2-4-16(20)5-3-15/h2-7,13,18H,8-11H2,1H3/b7-6+. The molecule has 0 radical (unpaired) electrons. The molecule has 0 bridgehead atoms. The van der Waals surface area contributed by atoms with E-state index in [-0.39, 0.29) is 11.7 Å². The van der Waals surface area contributed by atoms with E-state index < -0.39 is 6.04 Å². The third kappa shape index (κ3) is 4.34. The van der Waals surface area contributed by atoms with Crippen LogP contribution in [0.15, 0.2) is 35.7 Å². The van der Waals surface area contributed by atoms with Gasteiger partial charge in [-0.25, -0.2) is 9.37 Å². The van der Waals surface area contributed by atoms with E-state index in [1.807, 2.05) is 17.2 Å². The van der Waals surface area contributed by atoms with Crippen molar-refractivity contribution >= 4 is 23.3 Å². The van der Waals surface area contributed by atoms with Crippen molar-refractivity contribution in [3.05, 3.63) is 57.8 Å². The average Bonchev–Trinajstić information content (AvgIpc) is 3.08. The number of aromatic nitrogens is 1. The second-order valence-corrected chi connectivity index (χ2v) is 7.13. The predicted octanol–water partition coefficient (Wildman–Crippen LogP) is 3.01. The molecule has 1 amide bonds. The Balaban J connectivity index is 1.57. The van der Waals surface area contributed by atoms with Crippen LogP contribution in [0, 0.1) is 24.1 Å². The zero-order chi connectivity index (χ0) is 18.5. The average molecular weight is 370 g/mol. The molecule has 0 spiro atoms. The summed E-state index contributed by atoms with van der Waals surface area (Å²) in [5.41, 5.74) is 1.56. The summed E-state index contributed by atoms with van der Waals surface area (Å²) in [6.07, 6.45) is 3.28. The molecule has 1 atom stereocenters. The second kappa shape index (κ2) is 8.21. The molecule has 5 nitrogen and oxygen atoms in total. The van der Waals surface area contributed by atoms with Crippen LogP contribution in [0.25, 0.3) is 6.08 Å². The zero-order valence-corrected chi connectivity index (χ0v) is 15.2. The Morgan fingerprint density at radius 2 is 2.00 bits per heavy atom. The Bertz CT molecular complexity index is 832. The van der Waals surface area contributed by atoms with E-state index in [0.29, 0.717) is 26.2 Å². The van der Waals surface area contributed by atoms with Crippen LogP contribution >= 0.6 is 11.3 Å². The van der Waals surface area contributed by atoms with Gasteiger partial charge in [-0.1, -0.05) is 12.1 Å². The molecule has 1 saturated heterocycles. The number of nitrogens with zero attached hydrogens (tertiary/aromatic N) is 4. The number of thiazole rings is 1. The van der Waals surface area contributed by atoms with Crippen molar-refractivity contribution in [3.63, 3.8) is 0 Å². The summed E-state index contributed by atoms with van der Waals surface area (Å²) >= 11 is 1.55. The zero-order valence-electron chi connectivity index (χ0n) is 14.4. The first-order valence-corrected chi connectivity index (χ1v) is 9.23. The topological polar surface area (TPSA) is 60.2 Å². The fourth-order valence-corrected chi connectivity index (χ4v) is 3.51. The first-order chi connectivity index (χ1) is 12.6. The van der Waals surface area contributed by atoms with Gasteiger partial charge in [0.1, 0.15) is 11.9 Å². The monoisotopic (exact) mass is 370 g/mol. The third-order valence-electron chi connectivity index (χ3n) is 4.33. The van der Waals surface area contributed by atoms with E-state index >= 15 is 0 Å². The van der Waals surface area contributed by atoms with Crippen molar-refractivity contribution in [2.24, 2.45) is 0 Å². The van der Waals surface area contributed by atoms with Gasteiger partial charge in [-0.15, -0.1) is 11.3 Å². The number of carbonyl (C=O) groups is 1. The Labute approximate surface area is 156 Å². The van der Waals surface area contributed by atoms with Gasteiger partial charge in [0, 0.05) is 37.6 Å². The lowest BCUT2D eigenvalue weighted by molar-refractivity contribution is -0.127. The highest BCUT2D eigenvalue weighted by atomic mass is 32.1. The molecule has 1 fully saturated rings. The number of aryl methyl sites for hydroxylation is 1. The molecule has 1 aromatic heterocycles. The van der Waals surface area contributed by atoms with Crippen molar-refractivity contribution in [1.29, 1.82) is 5.26 Å². The molecular formula is C19H19FN4OS. The first kappa shape index (κ1) is 18.2. The summed E-state index contributed by atoms with van der Waals surface area (Å²) in [5, 5.41) is 12.4. The van der Waals surface area contributed by atoms with Crippen LogP contribution < -0.4 is 0 Å². The van der Waals surface area contributed by atoms with Crippen LogP contribution in [-0.2, 0) is 4.79 Å². The van der Waals surface area contributed by atoms with Crippen LogP contribution in [0.4, 0.5) is 4.39 Å². The molecule has 0 aliphatic carbocycles. The molecule has 0 saturated carbocycles. The third-order valence-corrected chi connectivity index (χ3v) is 5.12. The molecule has 1 aromatic carbocycles. The van der Waals surface area contributed by atoms with E-state index in [1.165, 1.54) is 12.1 Å². The molecule has 3 rings (SSSR count). The minimum absolute atomic E-state index is 0.0504. The minimum atomic E-state index is -0.429. The normalized spacial score (nSPS) is 16.6. The highest BCUT2D eigenvalue weighted by molar-refractivity contribution is 7.09. The van der Waals surface area contributed by atoms with Gasteiger partial charge in [-0.3, -0.25) is 9.69 Å². The van der Waals surface area contributed by atoms with Crippen molar-refractivity contribution in [2.45, 2.75) is 13.0 Å². The van der Waals surface area contributed by atoms with Crippen molar-refractivity contribution < 1.29 is 9.18 Å². The van der Waals surface area contributed by atoms with E-state index in [4.69, 9.17) is 0 Å². The second-order valence-electron chi connectivity index (χ2n) is 6.07. The molecule has 134 valence electrons. The van der Waals surface area contributed by atoms with E-state index in [0.717, 1.165) is 16.3 Å². The lowest BCUT2D eigenvalue weighted by Crippen LogP contribution is -2.49. The van der Waals surface area contributed by atoms with E-state index in [9.17, 15) is 14.4 Å². The maximum Gasteiger partial charge on any atom is 0.246 e. The van der Waals surface area contributed by atoms with Gasteiger partial charge in [0.2, 0.25) is 5.91 Å². The van der Waals surface area contributed by atoms with Gasteiger partial charge in [0.05, 0.1) is 16.8 Å². The van der Waals surface area contributed by atoms with Crippen molar-refractivity contribution in [2.75, 3.05) is 26.2 Å². The molecule has 7 heteroatoms. The number of benzene rings is 1. The summed E-state index contributed by atoms with van der Waals surface area (Å²) in [6.45, 7) is 4.24. The molecule has 2 aromatic rings. The predicted molar refractivity (Wildman–Crippen MR) is 98.8 cm³/mol. The van der Waals surface area contributed by atoms with Crippen LogP contribution in [0.3, 0.4) is 0 Å². The maximum atomic E-state index is 13.1. The number of halogens is 1. The number of amides is 1. The summed E-state index contributed by atoms with van der Waals surface area (Å²) in [7, 11) is 0. The van der Waals surface area contributed by atoms with Gasteiger partial charge >= 0.3 is 0 Å². The fourth-order valence-electron chi connectivity index (χ4n) is 2.93. The van der Waals surface area contributed by atoms with Crippen LogP contribution in [0.5, 0.6) is 0 Å². The minimum Gasteiger partial charge on any atom is -0.337 e. The van der Waals surface area contributed by atoms with Gasteiger partial charge in [-0.05, 0) is 30.7 Å². The molecule has 2 heterocycles. The highest BCUT2D eigenvalue weighted by Gasteiger charge is 2.26. The Hall–Kier alpha value is -2.56. The first-order valence-electron chi connectivity index (χ1n) is 8.35. The number of rotatable bonds is 4. The quantitative estimate of drug-likeness (QED) is 0.777. The molecular weight excluding hydrogens is 351 g/mol. The van der Waals surface area contributed by atoms with Crippen molar-refractivity contribution in [1.82, 2.24) is 14.8 Å². The number of piperazine rings is 1. The summed E-state index contributed by atoms with van der Waals surface area (Å²) in [4.78, 5) is 20.4. The molecule has 0 N–H and O–H groups in total. The lowest BCUT2D eigenvalue weighted by Gasteiger charge is -2.36. The van der Waals surface area contributed by atoms with Gasteiger partial charge < -0.3 is 4.90 Å². The molecule has 26 heavy (non-hydrogen) atoms. The molecule has 1 aliphatic heterocycles. The summed E-state index contributed by atoms with van der Waals surface area (Å²) in [6, 6.07) is 7.86. The molecule has 1 unspecified atom stereocenters. The van der Waals surface area contributed by atoms with Gasteiger partial charge in [0.15, 0.2) is 0 Å². The largest absolute Gasteiger partial charge is 0.337 e. The number of nitriles is 1. The van der Waals surface area contributed by atoms with E-state index in [2.05, 4.69) is 11.1 Å². The highest BCUT2D eigenvalue weighted by Crippen LogP contribution is 2.22. The van der Waals surface area contributed by atoms with Crippen LogP contribution in [-0.4, -0.2) is 46.9 Å². The summed E-state index contributed by atoms with van der Waals surface area (Å²) < 4.78 is 13.1. The van der Waals surface area contributed by atoms with Crippen LogP contribution in [0.2, 0.25) is 0 Å². The van der Waals surface area contributed by atoms with Gasteiger partial charge in [-0.2, -0.15) is 5.26 Å². The summed E-state index contributed by atoms with van der Waals surface area (Å²) in [5.74, 6) is -0.367. The van der Waals surface area contributed by atoms with E-state index in [1.54, 1.807) is 40.5 Å². The molecule has 1 aliphatic rings. The lowest BCUT2D eigenvalue weighted by atomic mass is 10.1. The SMILES string of the molecule is Cc1nc(/C=C/C(=O)N2CCN(C(C#N)c3ccc(F)cc3)CC2)cs1. The number of hydrogen-bond donors (Lipinski definition) is 0. The van der Waals surface area contributed by atoms with Gasteiger partial charge in [0.25, 0.3) is 0 Å². The maximum absolute atomic E-state index is 13.1. The Morgan fingerprint density at radius 1 is 1.31 bits per heavy atom. The Kier molecular flexibility index (Phi) is 5.76. The van der Waals surface area contributed by atoms with Crippen molar-refractivity contribution in [3.8, 4) is 6.07 Å². The van der Waals surface area contributed by atoms with Crippen LogP contribution in [0.1, 0.15) is 22.3 Å². The number of hydrogen-bond acceptors (Lipinski definition) is 5. The Morgan fingerprint density at radius 3 is 2.58 bits per heavy atom.